The van der Waals surface area contributed by atoms with Gasteiger partial charge in [0.1, 0.15) is 0 Å². The minimum absolute atomic E-state index is 0.00352. The van der Waals surface area contributed by atoms with Crippen LogP contribution in [0.2, 0.25) is 0 Å². The number of benzene rings is 1. The number of urea groups is 1. The highest BCUT2D eigenvalue weighted by atomic mass is 16.2. The van der Waals surface area contributed by atoms with Gasteiger partial charge in [-0.3, -0.25) is 4.90 Å². The van der Waals surface area contributed by atoms with Gasteiger partial charge in [-0.2, -0.15) is 0 Å². The minimum atomic E-state index is -0.00352. The molecule has 74 valence electrons. The van der Waals surface area contributed by atoms with Gasteiger partial charge in [0.25, 0.3) is 0 Å². The second-order valence-electron chi connectivity index (χ2n) is 3.68. The number of hydrogen-bond donors (Lipinski definition) is 1. The van der Waals surface area contributed by atoms with Gasteiger partial charge >= 0.3 is 6.03 Å². The third-order valence-electron chi connectivity index (χ3n) is 2.74. The molecule has 0 bridgehead atoms. The number of carbonyl (C=O) groups is 1. The van der Waals surface area contributed by atoms with Crippen LogP contribution in [0.25, 0.3) is 0 Å². The average molecular weight is 190 g/mol. The predicted molar refractivity (Wildman–Crippen MR) is 56.4 cm³/mol. The maximum atomic E-state index is 11.6. The van der Waals surface area contributed by atoms with Crippen LogP contribution in [0.1, 0.15) is 13.8 Å². The lowest BCUT2D eigenvalue weighted by molar-refractivity contribution is 0.251. The lowest BCUT2D eigenvalue weighted by Gasteiger charge is -2.21. The number of nitrogens with zero attached hydrogens (tertiary/aromatic N) is 1. The highest BCUT2D eigenvalue weighted by molar-refractivity contribution is 5.95. The summed E-state index contributed by atoms with van der Waals surface area (Å²) in [6, 6.07) is 10.2. The Bertz CT molecular complexity index is 336. The number of para-hydroxylation sites is 1. The standard InChI is InChI=1S/C11H14N2O/c1-8-9(2)13(11(14)12-8)10-6-4-3-5-7-10/h3-9H,1-2H3,(H,12,14). The molecule has 1 aliphatic heterocycles. The zero-order valence-electron chi connectivity index (χ0n) is 8.40. The third-order valence-corrected chi connectivity index (χ3v) is 2.74. The Kier molecular flexibility index (Phi) is 2.15. The van der Waals surface area contributed by atoms with Crippen LogP contribution in [0.3, 0.4) is 0 Å². The highest BCUT2D eigenvalue weighted by Crippen LogP contribution is 2.22. The third kappa shape index (κ3) is 1.35. The molecule has 2 unspecified atom stereocenters. The predicted octanol–water partition coefficient (Wildman–Crippen LogP) is 1.99. The van der Waals surface area contributed by atoms with E-state index < -0.39 is 0 Å². The van der Waals surface area contributed by atoms with Gasteiger partial charge in [-0.05, 0) is 26.0 Å². The van der Waals surface area contributed by atoms with E-state index in [9.17, 15) is 4.79 Å². The van der Waals surface area contributed by atoms with Crippen LogP contribution in [0.4, 0.5) is 10.5 Å². The lowest BCUT2D eigenvalue weighted by Crippen LogP contribution is -2.33. The van der Waals surface area contributed by atoms with E-state index >= 15 is 0 Å². The molecular formula is C11H14N2O. The monoisotopic (exact) mass is 190 g/mol. The van der Waals surface area contributed by atoms with Gasteiger partial charge in [0.2, 0.25) is 0 Å². The van der Waals surface area contributed by atoms with Crippen molar-refractivity contribution < 1.29 is 4.79 Å². The van der Waals surface area contributed by atoms with Crippen molar-refractivity contribution >= 4 is 11.7 Å². The Labute approximate surface area is 83.7 Å². The summed E-state index contributed by atoms with van der Waals surface area (Å²) in [6.07, 6.45) is 0. The molecule has 0 radical (unpaired) electrons. The molecule has 2 amide bonds. The van der Waals surface area contributed by atoms with E-state index in [0.717, 1.165) is 5.69 Å². The molecule has 3 heteroatoms. The molecule has 0 aromatic heterocycles. The first kappa shape index (κ1) is 9.06. The summed E-state index contributed by atoms with van der Waals surface area (Å²) < 4.78 is 0. The minimum Gasteiger partial charge on any atom is -0.333 e. The zero-order valence-corrected chi connectivity index (χ0v) is 8.40. The summed E-state index contributed by atoms with van der Waals surface area (Å²) in [5, 5.41) is 2.90. The molecule has 0 spiro atoms. The van der Waals surface area contributed by atoms with E-state index in [1.54, 1.807) is 4.90 Å². The quantitative estimate of drug-likeness (QED) is 0.721. The lowest BCUT2D eigenvalue weighted by atomic mass is 10.1. The molecule has 1 aromatic rings. The molecule has 3 nitrogen and oxygen atoms in total. The molecule has 1 aliphatic rings. The van der Waals surface area contributed by atoms with E-state index in [0.29, 0.717) is 0 Å². The van der Waals surface area contributed by atoms with Crippen molar-refractivity contribution in [3.63, 3.8) is 0 Å². The summed E-state index contributed by atoms with van der Waals surface area (Å²) in [5.41, 5.74) is 0.960. The first-order valence-corrected chi connectivity index (χ1v) is 4.85. The van der Waals surface area contributed by atoms with Gasteiger partial charge < -0.3 is 5.32 Å². The number of hydrogen-bond acceptors (Lipinski definition) is 1. The summed E-state index contributed by atoms with van der Waals surface area (Å²) in [5.74, 6) is 0. The van der Waals surface area contributed by atoms with Crippen LogP contribution >= 0.6 is 0 Å². The summed E-state index contributed by atoms with van der Waals surface area (Å²) in [4.78, 5) is 13.4. The Morgan fingerprint density at radius 1 is 1.21 bits per heavy atom. The number of carbonyl (C=O) groups excluding carboxylic acids is 1. The van der Waals surface area contributed by atoms with Crippen molar-refractivity contribution in [1.82, 2.24) is 5.32 Å². The molecule has 1 N–H and O–H groups in total. The van der Waals surface area contributed by atoms with Crippen LogP contribution in [-0.4, -0.2) is 18.1 Å². The molecule has 0 saturated carbocycles. The fourth-order valence-electron chi connectivity index (χ4n) is 1.73. The van der Waals surface area contributed by atoms with E-state index in [2.05, 4.69) is 12.2 Å². The van der Waals surface area contributed by atoms with E-state index in [1.807, 2.05) is 37.3 Å². The van der Waals surface area contributed by atoms with Crippen LogP contribution in [0.5, 0.6) is 0 Å². The Morgan fingerprint density at radius 2 is 1.86 bits per heavy atom. The van der Waals surface area contributed by atoms with Gasteiger partial charge in [0.15, 0.2) is 0 Å². The highest BCUT2D eigenvalue weighted by Gasteiger charge is 2.33. The molecule has 1 saturated heterocycles. The summed E-state index contributed by atoms with van der Waals surface area (Å²) in [7, 11) is 0. The van der Waals surface area contributed by atoms with Crippen molar-refractivity contribution in [1.29, 1.82) is 0 Å². The molecule has 14 heavy (non-hydrogen) atoms. The van der Waals surface area contributed by atoms with Crippen molar-refractivity contribution in [2.45, 2.75) is 25.9 Å². The van der Waals surface area contributed by atoms with Gasteiger partial charge in [-0.1, -0.05) is 18.2 Å². The molecular weight excluding hydrogens is 176 g/mol. The number of nitrogens with one attached hydrogen (secondary N) is 1. The van der Waals surface area contributed by atoms with Crippen LogP contribution in [-0.2, 0) is 0 Å². The van der Waals surface area contributed by atoms with Gasteiger partial charge in [-0.25, -0.2) is 4.79 Å². The number of rotatable bonds is 1. The molecule has 1 aromatic carbocycles. The summed E-state index contributed by atoms with van der Waals surface area (Å²) in [6.45, 7) is 4.07. The van der Waals surface area contributed by atoms with Crippen molar-refractivity contribution in [2.24, 2.45) is 0 Å². The maximum Gasteiger partial charge on any atom is 0.322 e. The van der Waals surface area contributed by atoms with Crippen LogP contribution in [0, 0.1) is 0 Å². The molecule has 2 atom stereocenters. The largest absolute Gasteiger partial charge is 0.333 e. The van der Waals surface area contributed by atoms with E-state index in [4.69, 9.17) is 0 Å². The van der Waals surface area contributed by atoms with E-state index in [1.165, 1.54) is 0 Å². The van der Waals surface area contributed by atoms with Crippen LogP contribution in [0.15, 0.2) is 30.3 Å². The Balaban J connectivity index is 2.31. The summed E-state index contributed by atoms with van der Waals surface area (Å²) >= 11 is 0. The SMILES string of the molecule is CC1NC(=O)N(c2ccccc2)C1C. The first-order chi connectivity index (χ1) is 6.70. The second-order valence-corrected chi connectivity index (χ2v) is 3.68. The smallest absolute Gasteiger partial charge is 0.322 e. The molecule has 0 aliphatic carbocycles. The first-order valence-electron chi connectivity index (χ1n) is 4.85. The fourth-order valence-corrected chi connectivity index (χ4v) is 1.73. The van der Waals surface area contributed by atoms with Crippen molar-refractivity contribution in [3.8, 4) is 0 Å². The van der Waals surface area contributed by atoms with Gasteiger partial charge in [0, 0.05) is 11.7 Å². The van der Waals surface area contributed by atoms with Gasteiger partial charge in [0.05, 0.1) is 6.04 Å². The Hall–Kier alpha value is -1.51. The molecule has 1 heterocycles. The maximum absolute atomic E-state index is 11.6. The van der Waals surface area contributed by atoms with E-state index in [-0.39, 0.29) is 18.1 Å². The zero-order chi connectivity index (χ0) is 10.1. The van der Waals surface area contributed by atoms with Crippen molar-refractivity contribution in [3.05, 3.63) is 30.3 Å². The molecule has 2 rings (SSSR count). The van der Waals surface area contributed by atoms with Crippen LogP contribution < -0.4 is 10.2 Å². The molecule has 1 fully saturated rings. The topological polar surface area (TPSA) is 32.3 Å². The fraction of sp³-hybridized carbons (Fsp3) is 0.364. The average Bonchev–Trinajstić information content (AvgIpc) is 2.43. The van der Waals surface area contributed by atoms with Gasteiger partial charge in [-0.15, -0.1) is 0 Å². The Morgan fingerprint density at radius 3 is 2.36 bits per heavy atom. The second kappa shape index (κ2) is 3.33. The number of amides is 2. The van der Waals surface area contributed by atoms with Crippen molar-refractivity contribution in [2.75, 3.05) is 4.90 Å². The number of anilines is 1. The normalized spacial score (nSPS) is 26.4.